The summed E-state index contributed by atoms with van der Waals surface area (Å²) in [5.41, 5.74) is 6.87. The molecule has 4 aromatic rings. The molecular formula is C27H30N6O2. The number of aryl methyl sites for hydroxylation is 1. The fraction of sp³-hybridized carbons (Fsp3) is 0.370. The molecule has 0 aliphatic carbocycles. The Labute approximate surface area is 204 Å². The second-order valence-electron chi connectivity index (χ2n) is 9.44. The highest BCUT2D eigenvalue weighted by molar-refractivity contribution is 5.98. The summed E-state index contributed by atoms with van der Waals surface area (Å²) >= 11 is 0. The van der Waals surface area contributed by atoms with Gasteiger partial charge in [-0.15, -0.1) is 0 Å². The summed E-state index contributed by atoms with van der Waals surface area (Å²) in [5.74, 6) is 0. The minimum atomic E-state index is -0.0267. The van der Waals surface area contributed by atoms with Gasteiger partial charge in [0.15, 0.2) is 0 Å². The number of hydrogen-bond acceptors (Lipinski definition) is 4. The lowest BCUT2D eigenvalue weighted by Crippen LogP contribution is -2.41. The quantitative estimate of drug-likeness (QED) is 0.488. The Morgan fingerprint density at radius 3 is 2.77 bits per heavy atom. The van der Waals surface area contributed by atoms with Crippen LogP contribution in [0.2, 0.25) is 0 Å². The molecular weight excluding hydrogens is 440 g/mol. The van der Waals surface area contributed by atoms with E-state index in [2.05, 4.69) is 45.4 Å². The van der Waals surface area contributed by atoms with Crippen LogP contribution in [0.3, 0.4) is 0 Å². The summed E-state index contributed by atoms with van der Waals surface area (Å²) in [6.45, 7) is 2.93. The van der Waals surface area contributed by atoms with Crippen LogP contribution in [0.15, 0.2) is 49.1 Å². The van der Waals surface area contributed by atoms with Gasteiger partial charge >= 0.3 is 6.03 Å². The van der Waals surface area contributed by atoms with E-state index < -0.39 is 0 Å². The van der Waals surface area contributed by atoms with Crippen molar-refractivity contribution in [3.8, 4) is 22.4 Å². The summed E-state index contributed by atoms with van der Waals surface area (Å²) in [4.78, 5) is 19.2. The maximum absolute atomic E-state index is 12.5. The van der Waals surface area contributed by atoms with Crippen LogP contribution < -0.4 is 5.32 Å². The Bertz CT molecular complexity index is 1400. The van der Waals surface area contributed by atoms with Crippen LogP contribution in [0, 0.1) is 0 Å². The predicted octanol–water partition coefficient (Wildman–Crippen LogP) is 4.15. The van der Waals surface area contributed by atoms with Crippen molar-refractivity contribution >= 4 is 16.8 Å². The topological polar surface area (TPSA) is 77.2 Å². The van der Waals surface area contributed by atoms with Gasteiger partial charge in [-0.3, -0.25) is 9.67 Å². The van der Waals surface area contributed by atoms with Gasteiger partial charge in [0.05, 0.1) is 11.9 Å². The third-order valence-corrected chi connectivity index (χ3v) is 7.36. The molecule has 2 amide bonds. The molecule has 0 bridgehead atoms. The van der Waals surface area contributed by atoms with Gasteiger partial charge in [0.1, 0.15) is 0 Å². The second kappa shape index (κ2) is 8.85. The molecule has 8 heteroatoms. The maximum atomic E-state index is 12.5. The number of benzene rings is 1. The molecule has 0 radical (unpaired) electrons. The average Bonchev–Trinajstić information content (AvgIpc) is 3.51. The maximum Gasteiger partial charge on any atom is 0.317 e. The number of carbonyl (C=O) groups is 1. The summed E-state index contributed by atoms with van der Waals surface area (Å²) in [6, 6.07) is 8.97. The molecule has 35 heavy (non-hydrogen) atoms. The van der Waals surface area contributed by atoms with Crippen molar-refractivity contribution in [2.45, 2.75) is 31.8 Å². The number of nitrogens with zero attached hydrogens (tertiary/aromatic N) is 5. The summed E-state index contributed by atoms with van der Waals surface area (Å²) in [5, 5.41) is 9.34. The standard InChI is InChI=1S/C27H30N6O2/c1-28-27(34)32-9-6-26-24(16-32)23(17-33(26)20-7-10-35-11-8-20)21-5-3-4-18-12-25(29-14-22(18)21)19-13-30-31(2)15-19/h3-5,12-15,17,20H,6-11,16H2,1-2H3,(H,28,34). The minimum Gasteiger partial charge on any atom is -0.381 e. The van der Waals surface area contributed by atoms with Crippen LogP contribution in [-0.4, -0.2) is 57.1 Å². The lowest BCUT2D eigenvalue weighted by Gasteiger charge is -2.31. The second-order valence-corrected chi connectivity index (χ2v) is 9.44. The highest BCUT2D eigenvalue weighted by Crippen LogP contribution is 2.39. The molecule has 6 rings (SSSR count). The van der Waals surface area contributed by atoms with Gasteiger partial charge in [-0.25, -0.2) is 4.79 Å². The number of nitrogens with one attached hydrogen (secondary N) is 1. The van der Waals surface area contributed by atoms with E-state index in [-0.39, 0.29) is 6.03 Å². The minimum absolute atomic E-state index is 0.0267. The van der Waals surface area contributed by atoms with Crippen molar-refractivity contribution in [1.29, 1.82) is 0 Å². The Hall–Kier alpha value is -3.65. The number of hydrogen-bond donors (Lipinski definition) is 1. The van der Waals surface area contributed by atoms with Gasteiger partial charge in [-0.05, 0) is 29.9 Å². The van der Waals surface area contributed by atoms with Gasteiger partial charge in [0, 0.05) is 99.2 Å². The number of amides is 2. The first-order chi connectivity index (χ1) is 17.1. The van der Waals surface area contributed by atoms with E-state index in [0.717, 1.165) is 66.6 Å². The zero-order chi connectivity index (χ0) is 23.9. The molecule has 1 N–H and O–H groups in total. The molecule has 0 atom stereocenters. The summed E-state index contributed by atoms with van der Waals surface area (Å²) < 4.78 is 9.91. The predicted molar refractivity (Wildman–Crippen MR) is 135 cm³/mol. The molecule has 5 heterocycles. The molecule has 1 fully saturated rings. The molecule has 1 saturated heterocycles. The lowest BCUT2D eigenvalue weighted by molar-refractivity contribution is 0.0687. The van der Waals surface area contributed by atoms with Crippen LogP contribution in [0.25, 0.3) is 33.2 Å². The van der Waals surface area contributed by atoms with Gasteiger partial charge in [-0.2, -0.15) is 5.10 Å². The van der Waals surface area contributed by atoms with Crippen molar-refractivity contribution in [2.24, 2.45) is 7.05 Å². The Morgan fingerprint density at radius 2 is 2.00 bits per heavy atom. The fourth-order valence-electron chi connectivity index (χ4n) is 5.54. The number of urea groups is 1. The van der Waals surface area contributed by atoms with Crippen molar-refractivity contribution in [3.63, 3.8) is 0 Å². The van der Waals surface area contributed by atoms with E-state index in [1.165, 1.54) is 16.8 Å². The summed E-state index contributed by atoms with van der Waals surface area (Å²) in [7, 11) is 3.61. The zero-order valence-corrected chi connectivity index (χ0v) is 20.2. The average molecular weight is 471 g/mol. The number of fused-ring (bicyclic) bond motifs is 2. The highest BCUT2D eigenvalue weighted by atomic mass is 16.5. The van der Waals surface area contributed by atoms with Crippen LogP contribution in [-0.2, 0) is 24.8 Å². The number of ether oxygens (including phenoxy) is 1. The van der Waals surface area contributed by atoms with E-state index >= 15 is 0 Å². The molecule has 180 valence electrons. The molecule has 1 aromatic carbocycles. The van der Waals surface area contributed by atoms with E-state index in [4.69, 9.17) is 9.72 Å². The number of aromatic nitrogens is 4. The monoisotopic (exact) mass is 470 g/mol. The Kier molecular flexibility index (Phi) is 5.53. The lowest BCUT2D eigenvalue weighted by atomic mass is 9.95. The number of pyridine rings is 1. The van der Waals surface area contributed by atoms with E-state index in [1.807, 2.05) is 30.5 Å². The van der Waals surface area contributed by atoms with E-state index in [0.29, 0.717) is 12.6 Å². The molecule has 0 unspecified atom stereocenters. The van der Waals surface area contributed by atoms with E-state index in [9.17, 15) is 4.79 Å². The molecule has 2 aliphatic rings. The normalized spacial score (nSPS) is 16.5. The van der Waals surface area contributed by atoms with Crippen LogP contribution in [0.5, 0.6) is 0 Å². The van der Waals surface area contributed by atoms with Crippen molar-refractivity contribution in [2.75, 3.05) is 26.8 Å². The number of rotatable bonds is 3. The summed E-state index contributed by atoms with van der Waals surface area (Å²) in [6.07, 6.45) is 11.0. The van der Waals surface area contributed by atoms with Crippen LogP contribution in [0.4, 0.5) is 4.79 Å². The smallest absolute Gasteiger partial charge is 0.317 e. The SMILES string of the molecule is CNC(=O)N1CCc2c(c(-c3cccc4cc(-c5cnn(C)c5)ncc34)cn2C2CCOCC2)C1. The fourth-order valence-corrected chi connectivity index (χ4v) is 5.54. The zero-order valence-electron chi connectivity index (χ0n) is 20.2. The van der Waals surface area contributed by atoms with Crippen molar-refractivity contribution in [3.05, 3.63) is 60.3 Å². The largest absolute Gasteiger partial charge is 0.381 e. The molecule has 2 aliphatic heterocycles. The molecule has 3 aromatic heterocycles. The van der Waals surface area contributed by atoms with Crippen LogP contribution in [0.1, 0.15) is 30.1 Å². The third kappa shape index (κ3) is 3.87. The van der Waals surface area contributed by atoms with Gasteiger partial charge in [0.2, 0.25) is 0 Å². The van der Waals surface area contributed by atoms with Crippen LogP contribution >= 0.6 is 0 Å². The molecule has 0 spiro atoms. The van der Waals surface area contributed by atoms with Gasteiger partial charge in [-0.1, -0.05) is 18.2 Å². The molecule has 8 nitrogen and oxygen atoms in total. The van der Waals surface area contributed by atoms with Gasteiger partial charge in [0.25, 0.3) is 0 Å². The van der Waals surface area contributed by atoms with E-state index in [1.54, 1.807) is 11.7 Å². The third-order valence-electron chi connectivity index (χ3n) is 7.36. The number of carbonyl (C=O) groups excluding carboxylic acids is 1. The van der Waals surface area contributed by atoms with Gasteiger partial charge < -0.3 is 19.5 Å². The highest BCUT2D eigenvalue weighted by Gasteiger charge is 2.29. The first-order valence-electron chi connectivity index (χ1n) is 12.3. The van der Waals surface area contributed by atoms with Crippen molar-refractivity contribution in [1.82, 2.24) is 29.5 Å². The molecule has 0 saturated carbocycles. The first kappa shape index (κ1) is 21.9. The van der Waals surface area contributed by atoms with Crippen molar-refractivity contribution < 1.29 is 9.53 Å². The Morgan fingerprint density at radius 1 is 1.14 bits per heavy atom. The Balaban J connectivity index is 1.47. The first-order valence-corrected chi connectivity index (χ1v) is 12.3.